The largest absolute Gasteiger partial charge is 0.355 e. The van der Waals surface area contributed by atoms with Crippen molar-refractivity contribution in [3.05, 3.63) is 26.7 Å². The Bertz CT molecular complexity index is 587. The highest BCUT2D eigenvalue weighted by molar-refractivity contribution is 8.00. The highest BCUT2D eigenvalue weighted by atomic mass is 32.2. The standard InChI is InChI=1S/C14H19N3OS3/c1-4-19-14-17-11(8-20-14)7-12(18)15-6-5-13-16-9(2)10(3)21-13/h8H,4-7H2,1-3H3,(H,15,18). The van der Waals surface area contributed by atoms with Crippen molar-refractivity contribution in [1.29, 1.82) is 0 Å². The molecule has 21 heavy (non-hydrogen) atoms. The number of hydrogen-bond donors (Lipinski definition) is 1. The fourth-order valence-electron chi connectivity index (χ4n) is 1.74. The molecular formula is C14H19N3OS3. The maximum atomic E-state index is 11.9. The van der Waals surface area contributed by atoms with Crippen molar-refractivity contribution in [2.24, 2.45) is 0 Å². The lowest BCUT2D eigenvalue weighted by atomic mass is 10.3. The molecule has 0 bridgehead atoms. The van der Waals surface area contributed by atoms with Crippen LogP contribution in [0, 0.1) is 13.8 Å². The zero-order valence-corrected chi connectivity index (χ0v) is 14.9. The molecule has 0 unspecified atom stereocenters. The third kappa shape index (κ3) is 5.09. The van der Waals surface area contributed by atoms with E-state index in [1.54, 1.807) is 34.4 Å². The molecular weight excluding hydrogens is 322 g/mol. The number of aryl methyl sites for hydroxylation is 2. The van der Waals surface area contributed by atoms with Crippen molar-refractivity contribution in [2.75, 3.05) is 12.3 Å². The van der Waals surface area contributed by atoms with Gasteiger partial charge in [-0.1, -0.05) is 18.7 Å². The van der Waals surface area contributed by atoms with E-state index in [9.17, 15) is 4.79 Å². The van der Waals surface area contributed by atoms with Gasteiger partial charge in [-0.05, 0) is 19.6 Å². The van der Waals surface area contributed by atoms with Gasteiger partial charge >= 0.3 is 0 Å². The van der Waals surface area contributed by atoms with Crippen LogP contribution in [0.2, 0.25) is 0 Å². The molecule has 1 N–H and O–H groups in total. The highest BCUT2D eigenvalue weighted by Gasteiger charge is 2.08. The number of thiazole rings is 2. The number of rotatable bonds is 7. The molecule has 0 aliphatic rings. The molecule has 0 saturated carbocycles. The van der Waals surface area contributed by atoms with Crippen LogP contribution in [0.15, 0.2) is 9.72 Å². The summed E-state index contributed by atoms with van der Waals surface area (Å²) < 4.78 is 1.04. The molecule has 4 nitrogen and oxygen atoms in total. The zero-order chi connectivity index (χ0) is 15.2. The van der Waals surface area contributed by atoms with Gasteiger partial charge in [0, 0.05) is 23.2 Å². The third-order valence-electron chi connectivity index (χ3n) is 2.87. The number of thioether (sulfide) groups is 1. The minimum absolute atomic E-state index is 0.0262. The molecule has 0 atom stereocenters. The third-order valence-corrected chi connectivity index (χ3v) is 5.96. The Morgan fingerprint density at radius 3 is 2.86 bits per heavy atom. The van der Waals surface area contributed by atoms with Crippen LogP contribution in [-0.4, -0.2) is 28.2 Å². The molecule has 0 fully saturated rings. The van der Waals surface area contributed by atoms with Crippen LogP contribution in [0.4, 0.5) is 0 Å². The second-order valence-electron chi connectivity index (χ2n) is 4.56. The van der Waals surface area contributed by atoms with Crippen LogP contribution in [0.1, 0.15) is 28.2 Å². The van der Waals surface area contributed by atoms with Crippen molar-refractivity contribution >= 4 is 40.3 Å². The van der Waals surface area contributed by atoms with E-state index in [2.05, 4.69) is 29.1 Å². The molecule has 0 saturated heterocycles. The Morgan fingerprint density at radius 2 is 2.19 bits per heavy atom. The normalized spacial score (nSPS) is 10.8. The summed E-state index contributed by atoms with van der Waals surface area (Å²) in [6, 6.07) is 0. The summed E-state index contributed by atoms with van der Waals surface area (Å²) in [5.74, 6) is 1.03. The van der Waals surface area contributed by atoms with Crippen molar-refractivity contribution in [1.82, 2.24) is 15.3 Å². The molecule has 0 aliphatic heterocycles. The van der Waals surface area contributed by atoms with E-state index >= 15 is 0 Å². The number of nitrogens with zero attached hydrogens (tertiary/aromatic N) is 2. The summed E-state index contributed by atoms with van der Waals surface area (Å²) in [6.45, 7) is 6.82. The van der Waals surface area contributed by atoms with E-state index in [1.165, 1.54) is 4.88 Å². The number of aromatic nitrogens is 2. The van der Waals surface area contributed by atoms with Gasteiger partial charge in [0.05, 0.1) is 22.8 Å². The Labute approximate surface area is 137 Å². The van der Waals surface area contributed by atoms with E-state index < -0.39 is 0 Å². The first-order chi connectivity index (χ1) is 10.1. The topological polar surface area (TPSA) is 54.9 Å². The van der Waals surface area contributed by atoms with Gasteiger partial charge in [0.1, 0.15) is 4.34 Å². The van der Waals surface area contributed by atoms with Crippen molar-refractivity contribution in [3.8, 4) is 0 Å². The summed E-state index contributed by atoms with van der Waals surface area (Å²) in [5.41, 5.74) is 1.94. The minimum Gasteiger partial charge on any atom is -0.355 e. The average Bonchev–Trinajstić information content (AvgIpc) is 2.98. The van der Waals surface area contributed by atoms with Crippen LogP contribution in [0.3, 0.4) is 0 Å². The summed E-state index contributed by atoms with van der Waals surface area (Å²) in [6.07, 6.45) is 1.15. The predicted molar refractivity (Wildman–Crippen MR) is 90.5 cm³/mol. The maximum Gasteiger partial charge on any atom is 0.226 e. The van der Waals surface area contributed by atoms with E-state index in [-0.39, 0.29) is 5.91 Å². The first kappa shape index (κ1) is 16.5. The fourth-order valence-corrected chi connectivity index (χ4v) is 4.42. The van der Waals surface area contributed by atoms with Crippen molar-refractivity contribution in [2.45, 2.75) is 38.0 Å². The number of amides is 1. The number of carbonyl (C=O) groups excluding carboxylic acids is 1. The second kappa shape index (κ2) is 7.91. The van der Waals surface area contributed by atoms with Gasteiger partial charge < -0.3 is 5.32 Å². The highest BCUT2D eigenvalue weighted by Crippen LogP contribution is 2.22. The molecule has 114 valence electrons. The molecule has 2 aromatic rings. The van der Waals surface area contributed by atoms with Gasteiger partial charge in [-0.25, -0.2) is 9.97 Å². The van der Waals surface area contributed by atoms with Gasteiger partial charge in [0.25, 0.3) is 0 Å². The van der Waals surface area contributed by atoms with Gasteiger partial charge in [-0.3, -0.25) is 4.79 Å². The molecule has 2 aromatic heterocycles. The molecule has 0 aromatic carbocycles. The SMILES string of the molecule is CCSc1nc(CC(=O)NCCc2nc(C)c(C)s2)cs1. The lowest BCUT2D eigenvalue weighted by Crippen LogP contribution is -2.27. The molecule has 0 radical (unpaired) electrons. The zero-order valence-electron chi connectivity index (χ0n) is 12.4. The smallest absolute Gasteiger partial charge is 0.226 e. The Hall–Kier alpha value is -0.920. The Morgan fingerprint density at radius 1 is 1.38 bits per heavy atom. The molecule has 7 heteroatoms. The number of carbonyl (C=O) groups is 1. The van der Waals surface area contributed by atoms with Crippen molar-refractivity contribution < 1.29 is 4.79 Å². The molecule has 2 rings (SSSR count). The van der Waals surface area contributed by atoms with Crippen LogP contribution in [-0.2, 0) is 17.6 Å². The number of nitrogens with one attached hydrogen (secondary N) is 1. The lowest BCUT2D eigenvalue weighted by molar-refractivity contribution is -0.120. The van der Waals surface area contributed by atoms with Crippen LogP contribution < -0.4 is 5.32 Å². The quantitative estimate of drug-likeness (QED) is 0.786. The van der Waals surface area contributed by atoms with Gasteiger partial charge in [-0.2, -0.15) is 0 Å². The van der Waals surface area contributed by atoms with E-state index in [0.29, 0.717) is 13.0 Å². The first-order valence-corrected chi connectivity index (χ1v) is 9.53. The minimum atomic E-state index is 0.0262. The van der Waals surface area contributed by atoms with E-state index in [4.69, 9.17) is 0 Å². The van der Waals surface area contributed by atoms with Crippen LogP contribution in [0.25, 0.3) is 0 Å². The van der Waals surface area contributed by atoms with Gasteiger partial charge in [0.15, 0.2) is 0 Å². The Kier molecular flexibility index (Phi) is 6.20. The summed E-state index contributed by atoms with van der Waals surface area (Å²) in [7, 11) is 0. The predicted octanol–water partition coefficient (Wildman–Crippen LogP) is 3.23. The van der Waals surface area contributed by atoms with Crippen LogP contribution >= 0.6 is 34.4 Å². The first-order valence-electron chi connectivity index (χ1n) is 6.85. The summed E-state index contributed by atoms with van der Waals surface area (Å²) in [5, 5.41) is 5.98. The van der Waals surface area contributed by atoms with Crippen molar-refractivity contribution in [3.63, 3.8) is 0 Å². The average molecular weight is 342 g/mol. The van der Waals surface area contributed by atoms with Gasteiger partial charge in [-0.15, -0.1) is 22.7 Å². The van der Waals surface area contributed by atoms with E-state index in [1.807, 2.05) is 12.3 Å². The fraction of sp³-hybridized carbons (Fsp3) is 0.500. The maximum absolute atomic E-state index is 11.9. The molecule has 0 spiro atoms. The molecule has 2 heterocycles. The summed E-state index contributed by atoms with van der Waals surface area (Å²) in [4.78, 5) is 22.0. The number of hydrogen-bond acceptors (Lipinski definition) is 6. The second-order valence-corrected chi connectivity index (χ2v) is 8.22. The molecule has 0 aliphatic carbocycles. The van der Waals surface area contributed by atoms with E-state index in [0.717, 1.165) is 32.9 Å². The van der Waals surface area contributed by atoms with Gasteiger partial charge in [0.2, 0.25) is 5.91 Å². The Balaban J connectivity index is 1.74. The van der Waals surface area contributed by atoms with Crippen LogP contribution in [0.5, 0.6) is 0 Å². The summed E-state index contributed by atoms with van der Waals surface area (Å²) >= 11 is 5.02. The molecule has 1 amide bonds. The lowest BCUT2D eigenvalue weighted by Gasteiger charge is -2.02. The monoisotopic (exact) mass is 341 g/mol.